The van der Waals surface area contributed by atoms with Crippen molar-refractivity contribution >= 4 is 5.91 Å². The number of carbonyl (C=O) groups is 1. The van der Waals surface area contributed by atoms with E-state index < -0.39 is 0 Å². The minimum Gasteiger partial charge on any atom is -0.494 e. The van der Waals surface area contributed by atoms with Gasteiger partial charge in [0.1, 0.15) is 17.6 Å². The van der Waals surface area contributed by atoms with Crippen LogP contribution in [0.3, 0.4) is 0 Å². The Balaban J connectivity index is 2.02. The van der Waals surface area contributed by atoms with Crippen LogP contribution in [-0.4, -0.2) is 44.2 Å². The third-order valence-corrected chi connectivity index (χ3v) is 3.57. The Kier molecular flexibility index (Phi) is 6.04. The number of fused-ring (bicyclic) bond motifs is 1. The van der Waals surface area contributed by atoms with Gasteiger partial charge in [-0.25, -0.2) is 0 Å². The maximum atomic E-state index is 11.9. The summed E-state index contributed by atoms with van der Waals surface area (Å²) in [5.41, 5.74) is 2.11. The molecule has 0 radical (unpaired) electrons. The molecule has 1 aliphatic rings. The Morgan fingerprint density at radius 1 is 1.48 bits per heavy atom. The van der Waals surface area contributed by atoms with Crippen LogP contribution in [0.4, 0.5) is 0 Å². The predicted molar refractivity (Wildman–Crippen MR) is 90.9 cm³/mol. The van der Waals surface area contributed by atoms with Crippen molar-refractivity contribution in [3.8, 4) is 11.5 Å². The molecule has 0 aliphatic carbocycles. The molecule has 1 unspecified atom stereocenters. The number of benzene rings is 1. The van der Waals surface area contributed by atoms with Gasteiger partial charge in [0.05, 0.1) is 6.61 Å². The number of ether oxygens (including phenoxy) is 2. The van der Waals surface area contributed by atoms with Gasteiger partial charge in [-0.05, 0) is 40.1 Å². The van der Waals surface area contributed by atoms with Gasteiger partial charge in [0.2, 0.25) is 5.91 Å². The second-order valence-electron chi connectivity index (χ2n) is 6.02. The number of likely N-dealkylation sites (N-methyl/N-ethyl adjacent to an activating group) is 1. The Hall–Kier alpha value is -2.01. The molecule has 1 N–H and O–H groups in total. The van der Waals surface area contributed by atoms with Crippen LogP contribution in [0.25, 0.3) is 0 Å². The minimum atomic E-state index is -0.107. The molecular formula is C18H26N2O3. The summed E-state index contributed by atoms with van der Waals surface area (Å²) in [5, 5.41) is 2.89. The number of hydrogen-bond donors (Lipinski definition) is 1. The first-order valence-corrected chi connectivity index (χ1v) is 8.04. The highest BCUT2D eigenvalue weighted by atomic mass is 16.5. The van der Waals surface area contributed by atoms with Crippen molar-refractivity contribution < 1.29 is 14.3 Å². The summed E-state index contributed by atoms with van der Waals surface area (Å²) in [6.07, 6.45) is 4.49. The maximum Gasteiger partial charge on any atom is 0.243 e. The maximum absolute atomic E-state index is 11.9. The van der Waals surface area contributed by atoms with Gasteiger partial charge in [-0.3, -0.25) is 4.79 Å². The summed E-state index contributed by atoms with van der Waals surface area (Å²) in [7, 11) is 3.92. The summed E-state index contributed by atoms with van der Waals surface area (Å²) < 4.78 is 11.5. The first-order valence-electron chi connectivity index (χ1n) is 8.04. The molecule has 1 atom stereocenters. The third kappa shape index (κ3) is 4.99. The summed E-state index contributed by atoms with van der Waals surface area (Å²) in [6.45, 7) is 5.77. The Labute approximate surface area is 138 Å². The highest BCUT2D eigenvalue weighted by Gasteiger charge is 2.21. The summed E-state index contributed by atoms with van der Waals surface area (Å²) in [5.74, 6) is 1.61. The summed E-state index contributed by atoms with van der Waals surface area (Å²) >= 11 is 0. The van der Waals surface area contributed by atoms with E-state index in [0.717, 1.165) is 30.0 Å². The van der Waals surface area contributed by atoms with Crippen LogP contribution in [0.15, 0.2) is 24.3 Å². The topological polar surface area (TPSA) is 50.8 Å². The Morgan fingerprint density at radius 3 is 2.96 bits per heavy atom. The van der Waals surface area contributed by atoms with E-state index in [1.165, 1.54) is 5.56 Å². The molecule has 0 saturated heterocycles. The van der Waals surface area contributed by atoms with E-state index in [0.29, 0.717) is 13.2 Å². The molecule has 1 heterocycles. The third-order valence-electron chi connectivity index (χ3n) is 3.57. The van der Waals surface area contributed by atoms with Crippen molar-refractivity contribution in [1.82, 2.24) is 10.2 Å². The highest BCUT2D eigenvalue weighted by molar-refractivity contribution is 5.87. The standard InChI is InChI=1S/C18H26N2O3/c1-5-22-16-10-14-9-13(2)23-17(14)11-15(16)12-19-18(21)7-6-8-20(3)4/h6-7,10-11,13H,5,8-9,12H2,1-4H3,(H,19,21)/b7-6+. The molecule has 1 aromatic rings. The van der Waals surface area contributed by atoms with E-state index in [2.05, 4.69) is 12.2 Å². The van der Waals surface area contributed by atoms with Gasteiger partial charge in [0, 0.05) is 36.7 Å². The fourth-order valence-corrected chi connectivity index (χ4v) is 2.52. The van der Waals surface area contributed by atoms with Gasteiger partial charge in [-0.2, -0.15) is 0 Å². The quantitative estimate of drug-likeness (QED) is 0.783. The molecular weight excluding hydrogens is 292 g/mol. The van der Waals surface area contributed by atoms with Gasteiger partial charge in [0.25, 0.3) is 0 Å². The van der Waals surface area contributed by atoms with E-state index in [4.69, 9.17) is 9.47 Å². The number of rotatable bonds is 7. The van der Waals surface area contributed by atoms with Gasteiger partial charge in [0.15, 0.2) is 0 Å². The molecule has 23 heavy (non-hydrogen) atoms. The van der Waals surface area contributed by atoms with E-state index in [1.54, 1.807) is 6.08 Å². The lowest BCUT2D eigenvalue weighted by Gasteiger charge is -2.13. The summed E-state index contributed by atoms with van der Waals surface area (Å²) in [4.78, 5) is 13.9. The minimum absolute atomic E-state index is 0.107. The molecule has 0 spiro atoms. The average molecular weight is 318 g/mol. The first-order chi connectivity index (χ1) is 11.0. The molecule has 0 aromatic heterocycles. The van der Waals surface area contributed by atoms with Crippen molar-refractivity contribution in [2.45, 2.75) is 32.9 Å². The Morgan fingerprint density at radius 2 is 2.26 bits per heavy atom. The molecule has 2 rings (SSSR count). The monoisotopic (exact) mass is 318 g/mol. The van der Waals surface area contributed by atoms with Crippen molar-refractivity contribution in [2.24, 2.45) is 0 Å². The normalized spacial score (nSPS) is 16.5. The van der Waals surface area contributed by atoms with Crippen LogP contribution in [-0.2, 0) is 17.8 Å². The van der Waals surface area contributed by atoms with Gasteiger partial charge < -0.3 is 19.7 Å². The summed E-state index contributed by atoms with van der Waals surface area (Å²) in [6, 6.07) is 4.01. The molecule has 0 fully saturated rings. The molecule has 126 valence electrons. The lowest BCUT2D eigenvalue weighted by Crippen LogP contribution is -2.21. The fourth-order valence-electron chi connectivity index (χ4n) is 2.52. The van der Waals surface area contributed by atoms with E-state index in [1.807, 2.05) is 44.1 Å². The zero-order valence-corrected chi connectivity index (χ0v) is 14.4. The number of amides is 1. The molecule has 1 aromatic carbocycles. The van der Waals surface area contributed by atoms with E-state index in [9.17, 15) is 4.79 Å². The second kappa shape index (κ2) is 8.02. The second-order valence-corrected chi connectivity index (χ2v) is 6.02. The SMILES string of the molecule is CCOc1cc2c(cc1CNC(=O)/C=C/CN(C)C)OC(C)C2. The van der Waals surface area contributed by atoms with Crippen LogP contribution in [0.1, 0.15) is 25.0 Å². The van der Waals surface area contributed by atoms with Crippen molar-refractivity contribution in [1.29, 1.82) is 0 Å². The van der Waals surface area contributed by atoms with Gasteiger partial charge in [-0.15, -0.1) is 0 Å². The van der Waals surface area contributed by atoms with Crippen molar-refractivity contribution in [3.63, 3.8) is 0 Å². The largest absolute Gasteiger partial charge is 0.494 e. The number of nitrogens with zero attached hydrogens (tertiary/aromatic N) is 1. The lowest BCUT2D eigenvalue weighted by atomic mass is 10.1. The number of carbonyl (C=O) groups excluding carboxylic acids is 1. The van der Waals surface area contributed by atoms with E-state index in [-0.39, 0.29) is 12.0 Å². The highest BCUT2D eigenvalue weighted by Crippen LogP contribution is 2.35. The van der Waals surface area contributed by atoms with Crippen LogP contribution in [0.5, 0.6) is 11.5 Å². The smallest absolute Gasteiger partial charge is 0.243 e. The zero-order valence-electron chi connectivity index (χ0n) is 14.4. The van der Waals surface area contributed by atoms with Crippen LogP contribution in [0.2, 0.25) is 0 Å². The molecule has 5 nitrogen and oxygen atoms in total. The van der Waals surface area contributed by atoms with Crippen LogP contribution < -0.4 is 14.8 Å². The van der Waals surface area contributed by atoms with Gasteiger partial charge >= 0.3 is 0 Å². The predicted octanol–water partition coefficient (Wildman–Crippen LogP) is 2.14. The molecule has 0 bridgehead atoms. The molecule has 5 heteroatoms. The van der Waals surface area contributed by atoms with Gasteiger partial charge in [-0.1, -0.05) is 6.08 Å². The zero-order chi connectivity index (χ0) is 16.8. The van der Waals surface area contributed by atoms with Crippen molar-refractivity contribution in [3.05, 3.63) is 35.4 Å². The fraction of sp³-hybridized carbons (Fsp3) is 0.500. The van der Waals surface area contributed by atoms with E-state index >= 15 is 0 Å². The van der Waals surface area contributed by atoms with Crippen LogP contribution in [0, 0.1) is 0 Å². The Bertz CT molecular complexity index is 582. The number of nitrogens with one attached hydrogen (secondary N) is 1. The molecule has 0 saturated carbocycles. The molecule has 1 aliphatic heterocycles. The number of hydrogen-bond acceptors (Lipinski definition) is 4. The van der Waals surface area contributed by atoms with Crippen molar-refractivity contribution in [2.75, 3.05) is 27.2 Å². The lowest BCUT2D eigenvalue weighted by molar-refractivity contribution is -0.116. The first kappa shape index (κ1) is 17.3. The molecule has 1 amide bonds. The van der Waals surface area contributed by atoms with Crippen LogP contribution >= 0.6 is 0 Å². The average Bonchev–Trinajstić information content (AvgIpc) is 2.83.